The van der Waals surface area contributed by atoms with Crippen LogP contribution in [-0.2, 0) is 14.3 Å². The molecule has 1 saturated carbocycles. The summed E-state index contributed by atoms with van der Waals surface area (Å²) in [5.74, 6) is 0.374. The average Bonchev–Trinajstić information content (AvgIpc) is 3.23. The van der Waals surface area contributed by atoms with Crippen molar-refractivity contribution in [2.24, 2.45) is 5.92 Å². The van der Waals surface area contributed by atoms with Gasteiger partial charge in [-0.2, -0.15) is 0 Å². The van der Waals surface area contributed by atoms with Crippen molar-refractivity contribution in [3.63, 3.8) is 0 Å². The molecule has 6 heteroatoms. The van der Waals surface area contributed by atoms with E-state index in [9.17, 15) is 9.90 Å². The Labute approximate surface area is 146 Å². The molecule has 5 nitrogen and oxygen atoms in total. The third kappa shape index (κ3) is 4.18. The van der Waals surface area contributed by atoms with Crippen molar-refractivity contribution < 1.29 is 19.4 Å². The predicted molar refractivity (Wildman–Crippen MR) is 92.6 cm³/mol. The van der Waals surface area contributed by atoms with Crippen molar-refractivity contribution >= 4 is 17.2 Å². The first-order valence-corrected chi connectivity index (χ1v) is 9.56. The maximum absolute atomic E-state index is 12.4. The molecule has 0 saturated heterocycles. The van der Waals surface area contributed by atoms with E-state index in [-0.39, 0.29) is 24.3 Å². The van der Waals surface area contributed by atoms with E-state index < -0.39 is 6.29 Å². The van der Waals surface area contributed by atoms with E-state index in [0.717, 1.165) is 19.3 Å². The second-order valence-corrected chi connectivity index (χ2v) is 7.27. The quantitative estimate of drug-likeness (QED) is 0.756. The molecule has 0 radical (unpaired) electrons. The molecule has 2 heterocycles. The molecular formula is C18H25NO4S. The second-order valence-electron chi connectivity index (χ2n) is 6.29. The molecule has 1 aliphatic carbocycles. The highest BCUT2D eigenvalue weighted by Gasteiger charge is 2.39. The number of carbonyl (C=O) groups is 1. The molecule has 3 rings (SSSR count). The van der Waals surface area contributed by atoms with E-state index >= 15 is 0 Å². The third-order valence-electron chi connectivity index (χ3n) is 4.42. The summed E-state index contributed by atoms with van der Waals surface area (Å²) in [5.41, 5.74) is 0. The van der Waals surface area contributed by atoms with Gasteiger partial charge in [-0.25, -0.2) is 0 Å². The largest absolute Gasteiger partial charge is 0.459 e. The molecule has 1 aromatic heterocycles. The number of amides is 1. The van der Waals surface area contributed by atoms with E-state index in [0.29, 0.717) is 24.8 Å². The van der Waals surface area contributed by atoms with Crippen LogP contribution < -0.4 is 5.32 Å². The van der Waals surface area contributed by atoms with Crippen molar-refractivity contribution in [1.29, 1.82) is 0 Å². The summed E-state index contributed by atoms with van der Waals surface area (Å²) in [4.78, 5) is 13.6. The van der Waals surface area contributed by atoms with Crippen molar-refractivity contribution in [1.82, 2.24) is 5.32 Å². The Bertz CT molecular complexity index is 568. The smallest absolute Gasteiger partial charge is 0.286 e. The van der Waals surface area contributed by atoms with Gasteiger partial charge in [0.25, 0.3) is 5.91 Å². The zero-order chi connectivity index (χ0) is 16.9. The van der Waals surface area contributed by atoms with Crippen molar-refractivity contribution in [2.45, 2.75) is 50.9 Å². The first-order chi connectivity index (χ1) is 11.7. The Morgan fingerprint density at radius 1 is 1.50 bits per heavy atom. The van der Waals surface area contributed by atoms with Crippen LogP contribution in [0.5, 0.6) is 0 Å². The summed E-state index contributed by atoms with van der Waals surface area (Å²) < 4.78 is 11.7. The number of thiophene rings is 1. The lowest BCUT2D eigenvalue weighted by molar-refractivity contribution is -0.166. The fourth-order valence-corrected chi connectivity index (χ4v) is 3.93. The SMILES string of the molecule is CCO[C@H]1OC(C(=O)NC2CC2)=C[C@@H](c2cccs2)[C@H]1CCCO. The molecule has 24 heavy (non-hydrogen) atoms. The minimum atomic E-state index is -0.460. The summed E-state index contributed by atoms with van der Waals surface area (Å²) in [7, 11) is 0. The number of ether oxygens (including phenoxy) is 2. The summed E-state index contributed by atoms with van der Waals surface area (Å²) in [6.07, 6.45) is 5.04. The highest BCUT2D eigenvalue weighted by Crippen LogP contribution is 2.41. The molecule has 1 amide bonds. The van der Waals surface area contributed by atoms with E-state index in [1.807, 2.05) is 24.4 Å². The van der Waals surface area contributed by atoms with Crippen molar-refractivity contribution in [3.05, 3.63) is 34.2 Å². The van der Waals surface area contributed by atoms with Crippen LogP contribution in [0.3, 0.4) is 0 Å². The Kier molecular flexibility index (Phi) is 5.92. The predicted octanol–water partition coefficient (Wildman–Crippen LogP) is 2.78. The van der Waals surface area contributed by atoms with Crippen LogP contribution in [0.15, 0.2) is 29.3 Å². The number of nitrogens with one attached hydrogen (secondary N) is 1. The molecule has 3 atom stereocenters. The van der Waals surface area contributed by atoms with Gasteiger partial charge in [0, 0.05) is 36.0 Å². The fraction of sp³-hybridized carbons (Fsp3) is 0.611. The number of carbonyl (C=O) groups excluding carboxylic acids is 1. The number of aliphatic hydroxyl groups is 1. The van der Waals surface area contributed by atoms with Crippen LogP contribution in [0.1, 0.15) is 43.4 Å². The fourth-order valence-electron chi connectivity index (χ4n) is 3.06. The molecule has 2 N–H and O–H groups in total. The molecular weight excluding hydrogens is 326 g/mol. The Hall–Kier alpha value is -1.37. The number of allylic oxidation sites excluding steroid dienone is 1. The van der Waals surface area contributed by atoms with Gasteiger partial charge in [-0.15, -0.1) is 11.3 Å². The zero-order valence-electron chi connectivity index (χ0n) is 13.9. The Balaban J connectivity index is 1.85. The normalized spacial score (nSPS) is 26.6. The molecule has 0 bridgehead atoms. The molecule has 2 aliphatic rings. The van der Waals surface area contributed by atoms with Gasteiger partial charge in [0.1, 0.15) is 0 Å². The molecule has 0 spiro atoms. The standard InChI is InChI=1S/C18H25NO4S/c1-2-22-18-13(5-3-9-20)14(16-6-4-10-24-16)11-15(23-18)17(21)19-12-7-8-12/h4,6,10-14,18,20H,2-3,5,7-9H2,1H3,(H,19,21)/t13-,14-,18+/m1/s1. The summed E-state index contributed by atoms with van der Waals surface area (Å²) in [6, 6.07) is 4.40. The third-order valence-corrected chi connectivity index (χ3v) is 5.39. The number of aliphatic hydroxyl groups excluding tert-OH is 1. The monoisotopic (exact) mass is 351 g/mol. The number of rotatable bonds is 8. The molecule has 1 aromatic rings. The van der Waals surface area contributed by atoms with E-state index in [4.69, 9.17) is 9.47 Å². The molecule has 132 valence electrons. The van der Waals surface area contributed by atoms with Gasteiger partial charge < -0.3 is 19.9 Å². The first kappa shape index (κ1) is 17.5. The van der Waals surface area contributed by atoms with Gasteiger partial charge in [0.05, 0.1) is 0 Å². The molecule has 0 unspecified atom stereocenters. The number of hydrogen-bond donors (Lipinski definition) is 2. The number of hydrogen-bond acceptors (Lipinski definition) is 5. The average molecular weight is 351 g/mol. The zero-order valence-corrected chi connectivity index (χ0v) is 14.8. The van der Waals surface area contributed by atoms with Gasteiger partial charge >= 0.3 is 0 Å². The lowest BCUT2D eigenvalue weighted by Gasteiger charge is -2.36. The summed E-state index contributed by atoms with van der Waals surface area (Å²) >= 11 is 1.68. The van der Waals surface area contributed by atoms with Crippen LogP contribution in [0.25, 0.3) is 0 Å². The second kappa shape index (κ2) is 8.14. The van der Waals surface area contributed by atoms with Crippen LogP contribution in [0.4, 0.5) is 0 Å². The Morgan fingerprint density at radius 3 is 2.96 bits per heavy atom. The van der Waals surface area contributed by atoms with E-state index in [1.165, 1.54) is 4.88 Å². The highest BCUT2D eigenvalue weighted by molar-refractivity contribution is 7.10. The lowest BCUT2D eigenvalue weighted by atomic mass is 9.84. The van der Waals surface area contributed by atoms with Crippen molar-refractivity contribution in [3.8, 4) is 0 Å². The maximum atomic E-state index is 12.4. The maximum Gasteiger partial charge on any atom is 0.286 e. The molecule has 1 fully saturated rings. The van der Waals surface area contributed by atoms with Gasteiger partial charge in [-0.1, -0.05) is 6.07 Å². The summed E-state index contributed by atoms with van der Waals surface area (Å²) in [5, 5.41) is 14.2. The van der Waals surface area contributed by atoms with E-state index in [1.54, 1.807) is 11.3 Å². The van der Waals surface area contributed by atoms with Crippen LogP contribution >= 0.6 is 11.3 Å². The topological polar surface area (TPSA) is 67.8 Å². The van der Waals surface area contributed by atoms with Gasteiger partial charge in [-0.3, -0.25) is 4.79 Å². The summed E-state index contributed by atoms with van der Waals surface area (Å²) in [6.45, 7) is 2.59. The minimum Gasteiger partial charge on any atom is -0.459 e. The highest BCUT2D eigenvalue weighted by atomic mass is 32.1. The Morgan fingerprint density at radius 2 is 2.33 bits per heavy atom. The molecule has 1 aliphatic heterocycles. The van der Waals surface area contributed by atoms with Crippen molar-refractivity contribution in [2.75, 3.05) is 13.2 Å². The van der Waals surface area contributed by atoms with Gasteiger partial charge in [-0.05, 0) is 50.1 Å². The van der Waals surface area contributed by atoms with Gasteiger partial charge in [0.2, 0.25) is 6.29 Å². The van der Waals surface area contributed by atoms with Crippen LogP contribution in [0.2, 0.25) is 0 Å². The van der Waals surface area contributed by atoms with E-state index in [2.05, 4.69) is 11.4 Å². The van der Waals surface area contributed by atoms with Crippen LogP contribution in [-0.4, -0.2) is 36.6 Å². The minimum absolute atomic E-state index is 0.0711. The van der Waals surface area contributed by atoms with Crippen LogP contribution in [0, 0.1) is 5.92 Å². The molecule has 0 aromatic carbocycles. The lowest BCUT2D eigenvalue weighted by Crippen LogP contribution is -2.39. The van der Waals surface area contributed by atoms with Gasteiger partial charge in [0.15, 0.2) is 5.76 Å². The first-order valence-electron chi connectivity index (χ1n) is 8.68.